The molecule has 34 heavy (non-hydrogen) atoms. The Kier molecular flexibility index (Phi) is 5.29. The van der Waals surface area contributed by atoms with E-state index in [1.165, 1.54) is 6.39 Å². The summed E-state index contributed by atoms with van der Waals surface area (Å²) in [5.74, 6) is 1.28. The quantitative estimate of drug-likeness (QED) is 0.428. The number of anilines is 1. The first-order valence-corrected chi connectivity index (χ1v) is 11.6. The lowest BCUT2D eigenvalue weighted by atomic mass is 10.0. The average Bonchev–Trinajstić information content (AvgIpc) is 3.35. The second-order valence-electron chi connectivity index (χ2n) is 8.72. The lowest BCUT2D eigenvalue weighted by Crippen LogP contribution is -2.48. The number of amides is 1. The summed E-state index contributed by atoms with van der Waals surface area (Å²) in [4.78, 5) is 30.4. The number of benzene rings is 1. The number of carbonyl (C=O) groups is 1. The molecule has 9 heteroatoms. The molecule has 1 saturated heterocycles. The van der Waals surface area contributed by atoms with Crippen molar-refractivity contribution in [1.29, 1.82) is 0 Å². The first-order valence-electron chi connectivity index (χ1n) is 11.6. The van der Waals surface area contributed by atoms with Gasteiger partial charge < -0.3 is 18.7 Å². The lowest BCUT2D eigenvalue weighted by Gasteiger charge is -2.38. The van der Waals surface area contributed by atoms with Crippen LogP contribution >= 0.6 is 0 Å². The van der Waals surface area contributed by atoms with E-state index in [-0.39, 0.29) is 11.9 Å². The Labute approximate surface area is 196 Å². The highest BCUT2D eigenvalue weighted by Gasteiger charge is 2.39. The predicted octanol–water partition coefficient (Wildman–Crippen LogP) is 4.06. The van der Waals surface area contributed by atoms with Crippen LogP contribution in [0.5, 0.6) is 0 Å². The Hall–Kier alpha value is -4.01. The van der Waals surface area contributed by atoms with Crippen LogP contribution in [0.3, 0.4) is 0 Å². The van der Waals surface area contributed by atoms with Gasteiger partial charge in [-0.3, -0.25) is 9.78 Å². The van der Waals surface area contributed by atoms with Gasteiger partial charge in [0.1, 0.15) is 5.69 Å². The maximum absolute atomic E-state index is 13.5. The van der Waals surface area contributed by atoms with Gasteiger partial charge in [0.25, 0.3) is 5.91 Å². The Morgan fingerprint density at radius 3 is 2.47 bits per heavy atom. The van der Waals surface area contributed by atoms with Crippen molar-refractivity contribution in [3.63, 3.8) is 0 Å². The molecule has 1 aromatic carbocycles. The van der Waals surface area contributed by atoms with Gasteiger partial charge in [-0.25, -0.2) is 4.98 Å². The highest BCUT2D eigenvalue weighted by molar-refractivity contribution is 5.95. The van der Waals surface area contributed by atoms with Crippen LogP contribution < -0.4 is 4.90 Å². The molecular formula is C25H24N6O3. The summed E-state index contributed by atoms with van der Waals surface area (Å²) in [6, 6.07) is 14.2. The first-order chi connectivity index (χ1) is 16.8. The van der Waals surface area contributed by atoms with Gasteiger partial charge in [0.15, 0.2) is 12.2 Å². The second-order valence-corrected chi connectivity index (χ2v) is 8.72. The zero-order chi connectivity index (χ0) is 22.9. The van der Waals surface area contributed by atoms with Gasteiger partial charge in [0, 0.05) is 42.5 Å². The third-order valence-corrected chi connectivity index (χ3v) is 6.46. The fourth-order valence-corrected chi connectivity index (χ4v) is 4.55. The zero-order valence-corrected chi connectivity index (χ0v) is 18.6. The minimum atomic E-state index is 0.0975. The normalized spacial score (nSPS) is 16.5. The molecule has 1 amide bonds. The maximum Gasteiger partial charge on any atom is 0.324 e. The van der Waals surface area contributed by atoms with Crippen molar-refractivity contribution in [3.8, 4) is 22.8 Å². The van der Waals surface area contributed by atoms with Crippen LogP contribution in [-0.2, 0) is 0 Å². The highest BCUT2D eigenvalue weighted by atomic mass is 16.5. The third kappa shape index (κ3) is 4.05. The van der Waals surface area contributed by atoms with Crippen LogP contribution in [0.2, 0.25) is 0 Å². The number of rotatable bonds is 6. The number of nitrogens with zero attached hydrogens (tertiary/aromatic N) is 6. The molecule has 2 fully saturated rings. The number of hydrogen-bond acceptors (Lipinski definition) is 8. The molecule has 0 spiro atoms. The Morgan fingerprint density at radius 1 is 1.00 bits per heavy atom. The fourth-order valence-electron chi connectivity index (χ4n) is 4.55. The molecule has 4 aromatic rings. The molecular weight excluding hydrogens is 432 g/mol. The minimum absolute atomic E-state index is 0.0975. The van der Waals surface area contributed by atoms with Gasteiger partial charge >= 0.3 is 6.01 Å². The van der Waals surface area contributed by atoms with E-state index in [0.717, 1.165) is 44.3 Å². The molecule has 0 N–H and O–H groups in total. The van der Waals surface area contributed by atoms with Crippen molar-refractivity contribution in [3.05, 3.63) is 66.8 Å². The topological polar surface area (TPSA) is 101 Å². The highest BCUT2D eigenvalue weighted by Crippen LogP contribution is 2.34. The number of carbonyl (C=O) groups excluding carboxylic acids is 1. The van der Waals surface area contributed by atoms with Crippen molar-refractivity contribution < 1.29 is 13.7 Å². The van der Waals surface area contributed by atoms with Gasteiger partial charge in [0.05, 0.1) is 6.20 Å². The van der Waals surface area contributed by atoms with E-state index in [4.69, 9.17) is 8.94 Å². The van der Waals surface area contributed by atoms with Crippen LogP contribution in [0.25, 0.3) is 22.8 Å². The van der Waals surface area contributed by atoms with Crippen LogP contribution in [0.15, 0.2) is 70.2 Å². The summed E-state index contributed by atoms with van der Waals surface area (Å²) in [5, 5.41) is 4.08. The smallest absolute Gasteiger partial charge is 0.324 e. The van der Waals surface area contributed by atoms with Crippen molar-refractivity contribution >= 4 is 11.9 Å². The van der Waals surface area contributed by atoms with Crippen molar-refractivity contribution in [2.24, 2.45) is 0 Å². The molecule has 1 aliphatic heterocycles. The van der Waals surface area contributed by atoms with Crippen LogP contribution in [-0.4, -0.2) is 56.1 Å². The van der Waals surface area contributed by atoms with E-state index >= 15 is 0 Å². The van der Waals surface area contributed by atoms with E-state index in [2.05, 4.69) is 29.9 Å². The molecule has 0 atom stereocenters. The average molecular weight is 457 g/mol. The van der Waals surface area contributed by atoms with Gasteiger partial charge in [-0.1, -0.05) is 23.4 Å². The van der Waals surface area contributed by atoms with Crippen molar-refractivity contribution in [2.45, 2.75) is 37.8 Å². The van der Waals surface area contributed by atoms with Crippen LogP contribution in [0, 0.1) is 0 Å². The molecule has 172 valence electrons. The van der Waals surface area contributed by atoms with E-state index < -0.39 is 0 Å². The Bertz CT molecular complexity index is 1240. The van der Waals surface area contributed by atoms with Crippen molar-refractivity contribution in [1.82, 2.24) is 25.0 Å². The number of hydrogen-bond donors (Lipinski definition) is 0. The van der Waals surface area contributed by atoms with E-state index in [9.17, 15) is 4.79 Å². The summed E-state index contributed by atoms with van der Waals surface area (Å²) in [6.07, 6.45) is 8.65. The van der Waals surface area contributed by atoms with E-state index in [1.54, 1.807) is 12.4 Å². The molecule has 4 heterocycles. The Balaban J connectivity index is 1.13. The minimum Gasteiger partial charge on any atom is -0.444 e. The molecule has 6 rings (SSSR count). The van der Waals surface area contributed by atoms with Crippen molar-refractivity contribution in [2.75, 3.05) is 18.0 Å². The first kappa shape index (κ1) is 20.6. The fraction of sp³-hybridized carbons (Fsp3) is 0.320. The molecule has 0 unspecified atom stereocenters. The summed E-state index contributed by atoms with van der Waals surface area (Å²) in [6.45, 7) is 1.52. The summed E-state index contributed by atoms with van der Waals surface area (Å²) in [5.41, 5.74) is 2.30. The second kappa shape index (κ2) is 8.74. The van der Waals surface area contributed by atoms with Gasteiger partial charge in [0.2, 0.25) is 5.82 Å². The van der Waals surface area contributed by atoms with Gasteiger partial charge in [-0.2, -0.15) is 4.98 Å². The predicted molar refractivity (Wildman–Crippen MR) is 124 cm³/mol. The standard InChI is InChI=1S/C25H24N6O3/c32-24(18-6-4-17(5-7-18)22-15-26-16-33-22)31(19-8-9-19)20-10-13-30(14-11-20)25-28-23(29-34-25)21-3-1-2-12-27-21/h1-7,12,15-16,19-20H,8-11,13-14H2. The molecule has 1 saturated carbocycles. The maximum atomic E-state index is 13.5. The molecule has 2 aliphatic rings. The monoisotopic (exact) mass is 456 g/mol. The molecule has 0 radical (unpaired) electrons. The molecule has 0 bridgehead atoms. The number of aromatic nitrogens is 4. The van der Waals surface area contributed by atoms with Gasteiger partial charge in [-0.15, -0.1) is 0 Å². The number of oxazole rings is 1. The largest absolute Gasteiger partial charge is 0.444 e. The number of piperidine rings is 1. The van der Waals surface area contributed by atoms with Gasteiger partial charge in [-0.05, 0) is 49.9 Å². The van der Waals surface area contributed by atoms with Crippen LogP contribution in [0.1, 0.15) is 36.0 Å². The summed E-state index contributed by atoms with van der Waals surface area (Å²) in [7, 11) is 0. The number of pyridine rings is 1. The third-order valence-electron chi connectivity index (χ3n) is 6.46. The molecule has 1 aliphatic carbocycles. The lowest BCUT2D eigenvalue weighted by molar-refractivity contribution is 0.0629. The SMILES string of the molecule is O=C(c1ccc(-c2cnco2)cc1)N(C1CC1)C1CCN(c2nc(-c3ccccn3)no2)CC1. The molecule has 3 aromatic heterocycles. The summed E-state index contributed by atoms with van der Waals surface area (Å²) < 4.78 is 10.9. The summed E-state index contributed by atoms with van der Waals surface area (Å²) >= 11 is 0. The van der Waals surface area contributed by atoms with E-state index in [0.29, 0.717) is 34.9 Å². The Morgan fingerprint density at radius 2 is 1.79 bits per heavy atom. The van der Waals surface area contributed by atoms with Crippen LogP contribution in [0.4, 0.5) is 6.01 Å². The zero-order valence-electron chi connectivity index (χ0n) is 18.6. The molecule has 9 nitrogen and oxygen atoms in total. The van der Waals surface area contributed by atoms with E-state index in [1.807, 2.05) is 42.5 Å².